The Morgan fingerprint density at radius 2 is 1.80 bits per heavy atom. The number of carboxylic acid groups (broad SMARTS) is 1. The topological polar surface area (TPSA) is 296 Å². The standard InChI is InChI=1S/C30H36N8O11S2/c1-30(2)20(27(41)38(30)49-51(44,45)46)10-23(39)25(21-15-50-29(33)35-21)36-48-24(28(42)43)14-47-19-7-4-16(5-8-19)17-6-9-22(37(3)13-17)26(40)34-18(11-31)12-32/h4-9,13,15,18,20,24H,10-12,14,31-32H2,1-3H3,(H4-,33,34,35,40,42,43,44,45,46)/b36-25-/t20-,24+/m1/s1. The number of carboxylic acids is 1. The quantitative estimate of drug-likeness (QED) is 0.0278. The van der Waals surface area contributed by atoms with E-state index in [2.05, 4.69) is 19.7 Å². The minimum atomic E-state index is -5.26. The molecule has 1 aliphatic rings. The molecule has 0 saturated carbocycles. The summed E-state index contributed by atoms with van der Waals surface area (Å²) in [4.78, 5) is 59.8. The normalized spacial score (nSPS) is 16.4. The Balaban J connectivity index is 1.43. The van der Waals surface area contributed by atoms with E-state index in [0.29, 0.717) is 10.8 Å². The van der Waals surface area contributed by atoms with E-state index < -0.39 is 64.4 Å². The number of aryl methyl sites for hydroxylation is 1. The average Bonchev–Trinajstić information content (AvgIpc) is 3.51. The van der Waals surface area contributed by atoms with E-state index in [1.54, 1.807) is 54.2 Å². The van der Waals surface area contributed by atoms with Crippen LogP contribution in [0.5, 0.6) is 5.75 Å². The lowest BCUT2D eigenvalue weighted by molar-refractivity contribution is -0.673. The van der Waals surface area contributed by atoms with E-state index in [1.807, 2.05) is 0 Å². The van der Waals surface area contributed by atoms with Gasteiger partial charge in [0.2, 0.25) is 10.4 Å². The SMILES string of the molecule is C[n+]1cc(-c2ccc(OC[C@H](O/N=C(\C(=O)C[C@@H]3C(=O)N(OS(=O)(=O)[O-])C3(C)C)c3csc(N)n3)C(=O)O)cc2)ccc1C(=O)NC(CN)CN. The summed E-state index contributed by atoms with van der Waals surface area (Å²) in [6.07, 6.45) is -0.483. The number of Topliss-reactive ketones (excluding diaryl/α,β-unsaturated/α-hetero) is 1. The number of hydrogen-bond donors (Lipinski definition) is 5. The van der Waals surface area contributed by atoms with Gasteiger partial charge in [0, 0.05) is 36.5 Å². The molecule has 2 amide bonds. The summed E-state index contributed by atoms with van der Waals surface area (Å²) >= 11 is 0.963. The zero-order valence-corrected chi connectivity index (χ0v) is 29.2. The Bertz CT molecular complexity index is 1930. The molecule has 0 bridgehead atoms. The number of nitrogens with one attached hydrogen (secondary N) is 1. The molecule has 274 valence electrons. The first-order valence-electron chi connectivity index (χ1n) is 15.1. The lowest BCUT2D eigenvalue weighted by atomic mass is 9.74. The lowest BCUT2D eigenvalue weighted by Gasteiger charge is -2.51. The van der Waals surface area contributed by atoms with Crippen LogP contribution in [0.25, 0.3) is 11.1 Å². The molecule has 1 fully saturated rings. The van der Waals surface area contributed by atoms with Crippen LogP contribution in [0.2, 0.25) is 0 Å². The number of ether oxygens (including phenoxy) is 1. The second-order valence-corrected chi connectivity index (χ2v) is 13.6. The number of thiazole rings is 1. The fourth-order valence-corrected chi connectivity index (χ4v) is 5.95. The summed E-state index contributed by atoms with van der Waals surface area (Å²) in [5.74, 6) is -4.38. The van der Waals surface area contributed by atoms with Crippen molar-refractivity contribution in [3.05, 3.63) is 59.4 Å². The van der Waals surface area contributed by atoms with Gasteiger partial charge in [-0.25, -0.2) is 18.2 Å². The highest BCUT2D eigenvalue weighted by Gasteiger charge is 2.57. The van der Waals surface area contributed by atoms with Gasteiger partial charge < -0.3 is 41.8 Å². The maximum absolute atomic E-state index is 13.3. The molecule has 1 saturated heterocycles. The Kier molecular flexibility index (Phi) is 12.1. The number of oxime groups is 1. The van der Waals surface area contributed by atoms with Crippen molar-refractivity contribution in [3.63, 3.8) is 0 Å². The number of carbonyl (C=O) groups is 4. The van der Waals surface area contributed by atoms with E-state index in [0.717, 1.165) is 22.5 Å². The van der Waals surface area contributed by atoms with Crippen molar-refractivity contribution in [1.29, 1.82) is 0 Å². The van der Waals surface area contributed by atoms with Crippen LogP contribution >= 0.6 is 11.3 Å². The molecule has 2 atom stereocenters. The molecule has 51 heavy (non-hydrogen) atoms. The van der Waals surface area contributed by atoms with Crippen molar-refractivity contribution in [2.24, 2.45) is 29.6 Å². The van der Waals surface area contributed by atoms with Gasteiger partial charge in [-0.15, -0.1) is 11.3 Å². The van der Waals surface area contributed by atoms with Crippen LogP contribution in [-0.2, 0) is 41.0 Å². The lowest BCUT2D eigenvalue weighted by Crippen LogP contribution is -2.68. The maximum Gasteiger partial charge on any atom is 0.351 e. The summed E-state index contributed by atoms with van der Waals surface area (Å²) in [5, 5.41) is 18.1. The molecule has 0 radical (unpaired) electrons. The Labute approximate surface area is 295 Å². The van der Waals surface area contributed by atoms with Crippen molar-refractivity contribution in [2.75, 3.05) is 25.4 Å². The third kappa shape index (κ3) is 9.39. The fraction of sp³-hybridized carbons (Fsp3) is 0.367. The van der Waals surface area contributed by atoms with Gasteiger partial charge in [0.15, 0.2) is 22.8 Å². The molecule has 19 nitrogen and oxygen atoms in total. The first-order valence-corrected chi connectivity index (χ1v) is 17.3. The minimum Gasteiger partial charge on any atom is -0.724 e. The third-order valence-electron chi connectivity index (χ3n) is 7.86. The fourth-order valence-electron chi connectivity index (χ4n) is 4.95. The van der Waals surface area contributed by atoms with E-state index in [1.165, 1.54) is 19.2 Å². The van der Waals surface area contributed by atoms with Crippen molar-refractivity contribution >= 4 is 56.1 Å². The van der Waals surface area contributed by atoms with Crippen LogP contribution in [0.1, 0.15) is 36.5 Å². The Morgan fingerprint density at radius 1 is 1.16 bits per heavy atom. The second kappa shape index (κ2) is 15.9. The molecule has 0 aliphatic carbocycles. The van der Waals surface area contributed by atoms with Gasteiger partial charge in [-0.2, -0.15) is 13.9 Å². The Morgan fingerprint density at radius 3 is 2.33 bits per heavy atom. The number of nitrogens with two attached hydrogens (primary N) is 3. The van der Waals surface area contributed by atoms with E-state index in [9.17, 15) is 37.3 Å². The smallest absolute Gasteiger partial charge is 0.351 e. The number of benzene rings is 1. The van der Waals surface area contributed by atoms with Gasteiger partial charge in [0.1, 0.15) is 25.1 Å². The molecule has 0 spiro atoms. The number of carbonyl (C=O) groups excluding carboxylic acids is 3. The molecule has 4 rings (SSSR count). The number of amides is 2. The second-order valence-electron chi connectivity index (χ2n) is 11.8. The summed E-state index contributed by atoms with van der Waals surface area (Å²) in [6.45, 7) is 2.64. The monoisotopic (exact) mass is 748 g/mol. The van der Waals surface area contributed by atoms with E-state index in [4.69, 9.17) is 26.8 Å². The van der Waals surface area contributed by atoms with Gasteiger partial charge in [-0.1, -0.05) is 17.3 Å². The molecule has 21 heteroatoms. The molecule has 1 aromatic carbocycles. The Hall–Kier alpha value is -5.06. The predicted molar refractivity (Wildman–Crippen MR) is 178 cm³/mol. The zero-order valence-electron chi connectivity index (χ0n) is 27.5. The summed E-state index contributed by atoms with van der Waals surface area (Å²) in [5.41, 5.74) is 17.0. The molecule has 3 heterocycles. The van der Waals surface area contributed by atoms with Crippen molar-refractivity contribution < 1.29 is 55.7 Å². The van der Waals surface area contributed by atoms with E-state index in [-0.39, 0.29) is 41.6 Å². The predicted octanol–water partition coefficient (Wildman–Crippen LogP) is -0.926. The van der Waals surface area contributed by atoms with E-state index >= 15 is 0 Å². The highest BCUT2D eigenvalue weighted by molar-refractivity contribution is 7.80. The van der Waals surface area contributed by atoms with Crippen molar-refractivity contribution in [3.8, 4) is 16.9 Å². The molecule has 1 aliphatic heterocycles. The first-order chi connectivity index (χ1) is 23.9. The number of aliphatic carboxylic acids is 1. The molecule has 8 N–H and O–H groups in total. The largest absolute Gasteiger partial charge is 0.724 e. The van der Waals surface area contributed by atoms with Gasteiger partial charge >= 0.3 is 11.9 Å². The van der Waals surface area contributed by atoms with Gasteiger partial charge in [-0.3, -0.25) is 14.4 Å². The van der Waals surface area contributed by atoms with Crippen LogP contribution in [-0.4, -0.2) is 94.8 Å². The maximum atomic E-state index is 13.3. The highest BCUT2D eigenvalue weighted by Crippen LogP contribution is 2.40. The molecular weight excluding hydrogens is 713 g/mol. The van der Waals surface area contributed by atoms with Crippen LogP contribution < -0.4 is 31.8 Å². The average molecular weight is 749 g/mol. The number of β-lactam (4-membered cyclic amide) rings is 1. The van der Waals surface area contributed by atoms with Crippen molar-refractivity contribution in [2.45, 2.75) is 38.0 Å². The molecule has 0 unspecified atom stereocenters. The van der Waals surface area contributed by atoms with Gasteiger partial charge in [-0.05, 0) is 37.6 Å². The number of ketones is 1. The van der Waals surface area contributed by atoms with Gasteiger partial charge in [0.25, 0.3) is 17.7 Å². The first kappa shape index (κ1) is 38.7. The molecule has 2 aromatic heterocycles. The number of pyridine rings is 1. The summed E-state index contributed by atoms with van der Waals surface area (Å²) in [6, 6.07) is 9.71. The number of anilines is 1. The number of aromatic nitrogens is 2. The summed E-state index contributed by atoms with van der Waals surface area (Å²) < 4.78 is 44.6. The molecular formula is C30H36N8O11S2. The van der Waals surface area contributed by atoms with Crippen LogP contribution in [0.3, 0.4) is 0 Å². The molecule has 3 aromatic rings. The number of hydroxylamine groups is 2. The zero-order chi connectivity index (χ0) is 37.7. The number of rotatable bonds is 17. The van der Waals surface area contributed by atoms with Crippen molar-refractivity contribution in [1.82, 2.24) is 15.4 Å². The highest BCUT2D eigenvalue weighted by atomic mass is 32.3. The minimum absolute atomic E-state index is 0.0552. The van der Waals surface area contributed by atoms with Crippen LogP contribution in [0.15, 0.2) is 53.1 Å². The van der Waals surface area contributed by atoms with Crippen LogP contribution in [0, 0.1) is 5.92 Å². The summed E-state index contributed by atoms with van der Waals surface area (Å²) in [7, 11) is -3.54. The van der Waals surface area contributed by atoms with Crippen LogP contribution in [0.4, 0.5) is 5.13 Å². The number of hydrogen-bond acceptors (Lipinski definition) is 16. The number of nitrogen functional groups attached to an aromatic ring is 1. The number of nitrogens with zero attached hydrogens (tertiary/aromatic N) is 4. The van der Waals surface area contributed by atoms with Gasteiger partial charge in [0.05, 0.1) is 17.5 Å². The third-order valence-corrected chi connectivity index (χ3v) is 8.87.